The molecule has 1 aliphatic rings. The number of esters is 1. The van der Waals surface area contributed by atoms with Gasteiger partial charge in [0.15, 0.2) is 0 Å². The molecule has 4 rings (SSSR count). The number of carbonyl (C=O) groups is 2. The lowest BCUT2D eigenvalue weighted by Gasteiger charge is -2.35. The molecule has 3 aromatic rings. The van der Waals surface area contributed by atoms with Gasteiger partial charge in [-0.15, -0.1) is 22.7 Å². The molecule has 0 unspecified atom stereocenters. The second-order valence-corrected chi connectivity index (χ2v) is 11.0. The molecule has 0 atom stereocenters. The van der Waals surface area contributed by atoms with E-state index in [1.54, 1.807) is 36.4 Å². The maximum atomic E-state index is 13.2. The minimum atomic E-state index is -1.78. The van der Waals surface area contributed by atoms with Crippen molar-refractivity contribution >= 4 is 40.2 Å². The second-order valence-electron chi connectivity index (χ2n) is 9.13. The number of aliphatic hydroxyl groups is 2. The van der Waals surface area contributed by atoms with Gasteiger partial charge in [-0.2, -0.15) is 0 Å². The average Bonchev–Trinajstić information content (AvgIpc) is 3.63. The van der Waals surface area contributed by atoms with Crippen LogP contribution in [-0.4, -0.2) is 52.7 Å². The van der Waals surface area contributed by atoms with Crippen LogP contribution >= 0.6 is 22.7 Å². The predicted octanol–water partition coefficient (Wildman–Crippen LogP) is 4.35. The highest BCUT2D eigenvalue weighted by atomic mass is 32.1. The molecule has 7 nitrogen and oxygen atoms in total. The van der Waals surface area contributed by atoms with Gasteiger partial charge in [-0.3, -0.25) is 4.79 Å². The van der Waals surface area contributed by atoms with Crippen LogP contribution in [0.2, 0.25) is 0 Å². The van der Waals surface area contributed by atoms with Gasteiger partial charge >= 0.3 is 5.97 Å². The van der Waals surface area contributed by atoms with Gasteiger partial charge in [-0.25, -0.2) is 4.79 Å². The van der Waals surface area contributed by atoms with E-state index in [0.29, 0.717) is 34.4 Å². The minimum absolute atomic E-state index is 0.0232. The van der Waals surface area contributed by atoms with E-state index in [4.69, 9.17) is 9.84 Å². The zero-order valence-electron chi connectivity index (χ0n) is 20.3. The van der Waals surface area contributed by atoms with Crippen molar-refractivity contribution in [2.24, 2.45) is 0 Å². The van der Waals surface area contributed by atoms with Crippen molar-refractivity contribution in [1.82, 2.24) is 4.90 Å². The van der Waals surface area contributed by atoms with Crippen molar-refractivity contribution in [2.75, 3.05) is 18.9 Å². The fourth-order valence-electron chi connectivity index (χ4n) is 4.51. The van der Waals surface area contributed by atoms with E-state index in [1.165, 1.54) is 22.7 Å². The van der Waals surface area contributed by atoms with Crippen LogP contribution in [0, 0.1) is 0 Å². The van der Waals surface area contributed by atoms with E-state index in [2.05, 4.69) is 10.2 Å². The van der Waals surface area contributed by atoms with E-state index in [1.807, 2.05) is 29.9 Å². The summed E-state index contributed by atoms with van der Waals surface area (Å²) in [5, 5.41) is 27.1. The van der Waals surface area contributed by atoms with E-state index < -0.39 is 11.6 Å². The highest BCUT2D eigenvalue weighted by Crippen LogP contribution is 2.38. The number of hydrogen-bond donors (Lipinski definition) is 3. The van der Waals surface area contributed by atoms with Gasteiger partial charge in [0.1, 0.15) is 6.10 Å². The first-order valence-electron chi connectivity index (χ1n) is 12.1. The van der Waals surface area contributed by atoms with E-state index in [-0.39, 0.29) is 18.6 Å². The predicted molar refractivity (Wildman–Crippen MR) is 142 cm³/mol. The standard InChI is InChI=1S/C27H32N2O5S2/c1-29(15-14-25(31)28-20-8-6-19(18-30)7-9-20)21-10-12-22(13-11-21)34-26(32)27(33,23-4-2-16-35-23)24-5-3-17-36-24/h2-9,16-17,21-22,30,33H,10-15,18H2,1H3,(H,28,31). The molecule has 1 saturated carbocycles. The van der Waals surface area contributed by atoms with E-state index in [0.717, 1.165) is 31.2 Å². The van der Waals surface area contributed by atoms with Crippen LogP contribution in [0.4, 0.5) is 5.69 Å². The van der Waals surface area contributed by atoms with Gasteiger partial charge in [0.05, 0.1) is 16.4 Å². The van der Waals surface area contributed by atoms with Gasteiger partial charge in [-0.05, 0) is 73.3 Å². The first-order valence-corrected chi connectivity index (χ1v) is 13.9. The Bertz CT molecular complexity index is 1070. The summed E-state index contributed by atoms with van der Waals surface area (Å²) < 4.78 is 5.84. The molecular weight excluding hydrogens is 496 g/mol. The second kappa shape index (κ2) is 12.1. The monoisotopic (exact) mass is 528 g/mol. The first-order chi connectivity index (χ1) is 17.4. The van der Waals surface area contributed by atoms with Gasteiger partial charge < -0.3 is 25.2 Å². The van der Waals surface area contributed by atoms with Crippen molar-refractivity contribution in [3.8, 4) is 0 Å². The molecule has 1 aliphatic carbocycles. The molecule has 36 heavy (non-hydrogen) atoms. The number of anilines is 1. The lowest BCUT2D eigenvalue weighted by atomic mass is 9.91. The maximum absolute atomic E-state index is 13.2. The molecule has 2 aromatic heterocycles. The number of ether oxygens (including phenoxy) is 1. The molecule has 0 radical (unpaired) electrons. The molecule has 1 aromatic carbocycles. The van der Waals surface area contributed by atoms with Crippen molar-refractivity contribution in [2.45, 2.75) is 56.5 Å². The summed E-state index contributed by atoms with van der Waals surface area (Å²) in [5.74, 6) is -0.671. The van der Waals surface area contributed by atoms with Crippen LogP contribution in [0.15, 0.2) is 59.3 Å². The van der Waals surface area contributed by atoms with Crippen LogP contribution in [0.25, 0.3) is 0 Å². The number of amides is 1. The first kappa shape index (κ1) is 26.5. The van der Waals surface area contributed by atoms with Crippen molar-refractivity contribution in [3.05, 3.63) is 74.6 Å². The van der Waals surface area contributed by atoms with Gasteiger partial charge in [0.2, 0.25) is 11.5 Å². The third-order valence-electron chi connectivity index (χ3n) is 6.70. The summed E-state index contributed by atoms with van der Waals surface area (Å²) in [6, 6.07) is 14.6. The van der Waals surface area contributed by atoms with Crippen LogP contribution in [0.3, 0.4) is 0 Å². The Kier molecular flexibility index (Phi) is 8.92. The molecule has 0 spiro atoms. The molecule has 3 N–H and O–H groups in total. The number of hydrogen-bond acceptors (Lipinski definition) is 8. The third kappa shape index (κ3) is 6.22. The maximum Gasteiger partial charge on any atom is 0.349 e. The lowest BCUT2D eigenvalue weighted by Crippen LogP contribution is -2.42. The third-order valence-corrected chi connectivity index (χ3v) is 8.66. The van der Waals surface area contributed by atoms with Crippen LogP contribution < -0.4 is 5.32 Å². The highest BCUT2D eigenvalue weighted by molar-refractivity contribution is 7.12. The Balaban J connectivity index is 1.24. The van der Waals surface area contributed by atoms with Gasteiger partial charge in [0.25, 0.3) is 0 Å². The number of carbonyl (C=O) groups excluding carboxylic acids is 2. The smallest absolute Gasteiger partial charge is 0.349 e. The van der Waals surface area contributed by atoms with Gasteiger partial charge in [-0.1, -0.05) is 24.3 Å². The Labute approximate surface area is 219 Å². The largest absolute Gasteiger partial charge is 0.460 e. The normalized spacial score (nSPS) is 18.2. The number of benzene rings is 1. The highest BCUT2D eigenvalue weighted by Gasteiger charge is 2.45. The molecule has 1 fully saturated rings. The van der Waals surface area contributed by atoms with Crippen LogP contribution in [0.1, 0.15) is 47.4 Å². The summed E-state index contributed by atoms with van der Waals surface area (Å²) in [4.78, 5) is 28.8. The van der Waals surface area contributed by atoms with E-state index in [9.17, 15) is 14.7 Å². The minimum Gasteiger partial charge on any atom is -0.460 e. The molecule has 192 valence electrons. The average molecular weight is 529 g/mol. The van der Waals surface area contributed by atoms with E-state index >= 15 is 0 Å². The lowest BCUT2D eigenvalue weighted by molar-refractivity contribution is -0.169. The Morgan fingerprint density at radius 1 is 1.03 bits per heavy atom. The number of rotatable bonds is 10. The van der Waals surface area contributed by atoms with Crippen molar-refractivity contribution < 1.29 is 24.5 Å². The Hall–Kier alpha value is -2.56. The summed E-state index contributed by atoms with van der Waals surface area (Å²) >= 11 is 2.68. The zero-order valence-corrected chi connectivity index (χ0v) is 21.9. The number of aliphatic hydroxyl groups excluding tert-OH is 1. The summed E-state index contributed by atoms with van der Waals surface area (Å²) in [7, 11) is 2.02. The summed E-state index contributed by atoms with van der Waals surface area (Å²) in [6.07, 6.45) is 3.29. The fraction of sp³-hybridized carbons (Fsp3) is 0.407. The van der Waals surface area contributed by atoms with Crippen molar-refractivity contribution in [3.63, 3.8) is 0 Å². The number of nitrogens with one attached hydrogen (secondary N) is 1. The molecule has 1 amide bonds. The van der Waals surface area contributed by atoms with Gasteiger partial charge in [0, 0.05) is 24.7 Å². The molecular formula is C27H32N2O5S2. The number of nitrogens with zero attached hydrogens (tertiary/aromatic N) is 1. The Morgan fingerprint density at radius 3 is 2.17 bits per heavy atom. The molecule has 0 bridgehead atoms. The quantitative estimate of drug-likeness (QED) is 0.339. The molecule has 9 heteroatoms. The number of thiophene rings is 2. The van der Waals surface area contributed by atoms with Crippen molar-refractivity contribution in [1.29, 1.82) is 0 Å². The SMILES string of the molecule is CN(CCC(=O)Nc1ccc(CO)cc1)C1CCC(OC(=O)C(O)(c2cccs2)c2cccs2)CC1. The molecule has 2 heterocycles. The molecule has 0 aliphatic heterocycles. The summed E-state index contributed by atoms with van der Waals surface area (Å²) in [6.45, 7) is 0.608. The molecule has 0 saturated heterocycles. The fourth-order valence-corrected chi connectivity index (χ4v) is 6.22. The van der Waals surface area contributed by atoms with Crippen LogP contribution in [0.5, 0.6) is 0 Å². The van der Waals surface area contributed by atoms with Crippen LogP contribution in [-0.2, 0) is 26.5 Å². The Morgan fingerprint density at radius 2 is 1.64 bits per heavy atom. The topological polar surface area (TPSA) is 99.1 Å². The zero-order chi connectivity index (χ0) is 25.5. The summed E-state index contributed by atoms with van der Waals surface area (Å²) in [5.41, 5.74) is -0.258.